The number of carbonyl (C=O) groups excluding carboxylic acids is 1. The van der Waals surface area contributed by atoms with E-state index in [9.17, 15) is 4.79 Å². The van der Waals surface area contributed by atoms with Crippen molar-refractivity contribution in [2.45, 2.75) is 26.7 Å². The molecular formula is C16H26N4O. The number of piperazine rings is 1. The molecule has 116 valence electrons. The SMILES string of the molecule is CCCc1cc(C(=O)N2CCN(C)CC2)cc(NCC)n1. The molecule has 5 nitrogen and oxygen atoms in total. The van der Waals surface area contributed by atoms with E-state index in [1.165, 1.54) is 0 Å². The Morgan fingerprint density at radius 3 is 2.57 bits per heavy atom. The van der Waals surface area contributed by atoms with Gasteiger partial charge in [-0.1, -0.05) is 13.3 Å². The molecule has 1 amide bonds. The highest BCUT2D eigenvalue weighted by atomic mass is 16.2. The van der Waals surface area contributed by atoms with Crippen LogP contribution < -0.4 is 5.32 Å². The van der Waals surface area contributed by atoms with Crippen LogP contribution >= 0.6 is 0 Å². The third-order valence-corrected chi connectivity index (χ3v) is 3.78. The first-order chi connectivity index (χ1) is 10.1. The number of likely N-dealkylation sites (N-methyl/N-ethyl adjacent to an activating group) is 1. The zero-order chi connectivity index (χ0) is 15.2. The van der Waals surface area contributed by atoms with Crippen LogP contribution in [0.2, 0.25) is 0 Å². The summed E-state index contributed by atoms with van der Waals surface area (Å²) >= 11 is 0. The first-order valence-electron chi connectivity index (χ1n) is 7.86. The van der Waals surface area contributed by atoms with E-state index in [-0.39, 0.29) is 5.91 Å². The van der Waals surface area contributed by atoms with Crippen molar-refractivity contribution in [2.24, 2.45) is 0 Å². The van der Waals surface area contributed by atoms with Gasteiger partial charge in [0, 0.05) is 44.0 Å². The average molecular weight is 290 g/mol. The molecule has 1 aromatic rings. The lowest BCUT2D eigenvalue weighted by atomic mass is 10.1. The monoisotopic (exact) mass is 290 g/mol. The molecule has 0 bridgehead atoms. The minimum absolute atomic E-state index is 0.127. The Kier molecular flexibility index (Phi) is 5.56. The Morgan fingerprint density at radius 2 is 1.95 bits per heavy atom. The largest absolute Gasteiger partial charge is 0.370 e. The molecule has 0 unspecified atom stereocenters. The third-order valence-electron chi connectivity index (χ3n) is 3.78. The van der Waals surface area contributed by atoms with Gasteiger partial charge in [-0.15, -0.1) is 0 Å². The second-order valence-electron chi connectivity index (χ2n) is 5.61. The van der Waals surface area contributed by atoms with E-state index in [1.54, 1.807) is 0 Å². The number of amides is 1. The highest BCUT2D eigenvalue weighted by Crippen LogP contribution is 2.15. The maximum absolute atomic E-state index is 12.7. The van der Waals surface area contributed by atoms with Gasteiger partial charge < -0.3 is 15.1 Å². The molecule has 0 radical (unpaired) electrons. The van der Waals surface area contributed by atoms with Crippen LogP contribution in [-0.4, -0.2) is 60.5 Å². The summed E-state index contributed by atoms with van der Waals surface area (Å²) in [6, 6.07) is 3.83. The van der Waals surface area contributed by atoms with E-state index in [0.29, 0.717) is 0 Å². The fourth-order valence-corrected chi connectivity index (χ4v) is 2.56. The van der Waals surface area contributed by atoms with Gasteiger partial charge in [0.05, 0.1) is 0 Å². The molecule has 0 spiro atoms. The summed E-state index contributed by atoms with van der Waals surface area (Å²) in [6.45, 7) is 8.47. The Morgan fingerprint density at radius 1 is 1.24 bits per heavy atom. The fourth-order valence-electron chi connectivity index (χ4n) is 2.56. The number of nitrogens with one attached hydrogen (secondary N) is 1. The Hall–Kier alpha value is -1.62. The van der Waals surface area contributed by atoms with E-state index >= 15 is 0 Å². The average Bonchev–Trinajstić information content (AvgIpc) is 2.48. The first-order valence-corrected chi connectivity index (χ1v) is 7.86. The van der Waals surface area contributed by atoms with Gasteiger partial charge >= 0.3 is 0 Å². The van der Waals surface area contributed by atoms with Crippen LogP contribution in [0.4, 0.5) is 5.82 Å². The summed E-state index contributed by atoms with van der Waals surface area (Å²) in [5.74, 6) is 0.933. The van der Waals surface area contributed by atoms with Crippen molar-refractivity contribution < 1.29 is 4.79 Å². The summed E-state index contributed by atoms with van der Waals surface area (Å²) in [7, 11) is 2.09. The van der Waals surface area contributed by atoms with Gasteiger partial charge in [0.1, 0.15) is 5.82 Å². The number of aromatic nitrogens is 1. The highest BCUT2D eigenvalue weighted by molar-refractivity contribution is 5.95. The van der Waals surface area contributed by atoms with Crippen LogP contribution in [0, 0.1) is 0 Å². The summed E-state index contributed by atoms with van der Waals surface area (Å²) in [6.07, 6.45) is 1.94. The van der Waals surface area contributed by atoms with Gasteiger partial charge in [-0.2, -0.15) is 0 Å². The molecule has 1 aliphatic rings. The van der Waals surface area contributed by atoms with Crippen molar-refractivity contribution in [2.75, 3.05) is 45.1 Å². The Balaban J connectivity index is 2.18. The van der Waals surface area contributed by atoms with Crippen LogP contribution in [0.3, 0.4) is 0 Å². The number of nitrogens with zero attached hydrogens (tertiary/aromatic N) is 3. The second kappa shape index (κ2) is 7.41. The minimum atomic E-state index is 0.127. The van der Waals surface area contributed by atoms with Gasteiger partial charge in [0.2, 0.25) is 0 Å². The molecule has 1 N–H and O–H groups in total. The standard InChI is InChI=1S/C16H26N4O/c1-4-6-14-11-13(12-15(18-14)17-5-2)16(21)20-9-7-19(3)8-10-20/h11-12H,4-10H2,1-3H3,(H,17,18). The smallest absolute Gasteiger partial charge is 0.254 e. The molecule has 0 atom stereocenters. The molecule has 2 heterocycles. The predicted octanol–water partition coefficient (Wildman–Crippen LogP) is 1.85. The molecule has 2 rings (SSSR count). The van der Waals surface area contributed by atoms with Gasteiger partial charge in [-0.05, 0) is 32.5 Å². The molecule has 1 aliphatic heterocycles. The predicted molar refractivity (Wildman–Crippen MR) is 85.8 cm³/mol. The molecule has 1 saturated heterocycles. The minimum Gasteiger partial charge on any atom is -0.370 e. The van der Waals surface area contributed by atoms with Gasteiger partial charge in [-0.3, -0.25) is 4.79 Å². The van der Waals surface area contributed by atoms with Gasteiger partial charge in [0.15, 0.2) is 0 Å². The number of pyridine rings is 1. The van der Waals surface area contributed by atoms with E-state index in [4.69, 9.17) is 0 Å². The van der Waals surface area contributed by atoms with Crippen LogP contribution in [0.15, 0.2) is 12.1 Å². The molecule has 1 aromatic heterocycles. The lowest BCUT2D eigenvalue weighted by Crippen LogP contribution is -2.47. The van der Waals surface area contributed by atoms with E-state index in [1.807, 2.05) is 24.0 Å². The molecule has 1 fully saturated rings. The summed E-state index contributed by atoms with van der Waals surface area (Å²) < 4.78 is 0. The van der Waals surface area contributed by atoms with Crippen LogP contribution in [0.25, 0.3) is 0 Å². The van der Waals surface area contributed by atoms with Crippen molar-refractivity contribution in [1.29, 1.82) is 0 Å². The Bertz CT molecular complexity index is 457. The molecule has 5 heteroatoms. The van der Waals surface area contributed by atoms with Crippen molar-refractivity contribution >= 4 is 11.7 Å². The molecule has 21 heavy (non-hydrogen) atoms. The maximum atomic E-state index is 12.7. The number of rotatable bonds is 5. The molecular weight excluding hydrogens is 264 g/mol. The van der Waals surface area contributed by atoms with Crippen molar-refractivity contribution in [3.63, 3.8) is 0 Å². The normalized spacial score (nSPS) is 16.0. The van der Waals surface area contributed by atoms with Crippen molar-refractivity contribution in [1.82, 2.24) is 14.8 Å². The summed E-state index contributed by atoms with van der Waals surface area (Å²) in [5, 5.41) is 3.22. The number of aryl methyl sites for hydroxylation is 1. The lowest BCUT2D eigenvalue weighted by molar-refractivity contribution is 0.0664. The highest BCUT2D eigenvalue weighted by Gasteiger charge is 2.21. The Labute approximate surface area is 127 Å². The first kappa shape index (κ1) is 15.8. The van der Waals surface area contributed by atoms with Crippen molar-refractivity contribution in [3.05, 3.63) is 23.4 Å². The fraction of sp³-hybridized carbons (Fsp3) is 0.625. The quantitative estimate of drug-likeness (QED) is 0.899. The number of hydrogen-bond donors (Lipinski definition) is 1. The zero-order valence-corrected chi connectivity index (χ0v) is 13.4. The van der Waals surface area contributed by atoms with E-state index < -0.39 is 0 Å². The van der Waals surface area contributed by atoms with Crippen LogP contribution in [-0.2, 0) is 6.42 Å². The van der Waals surface area contributed by atoms with Crippen LogP contribution in [0.1, 0.15) is 36.3 Å². The number of carbonyl (C=O) groups is 1. The topological polar surface area (TPSA) is 48.5 Å². The van der Waals surface area contributed by atoms with Gasteiger partial charge in [-0.25, -0.2) is 4.98 Å². The third kappa shape index (κ3) is 4.17. The molecule has 0 saturated carbocycles. The summed E-state index contributed by atoms with van der Waals surface area (Å²) in [4.78, 5) is 21.4. The number of hydrogen-bond acceptors (Lipinski definition) is 4. The van der Waals surface area contributed by atoms with Crippen molar-refractivity contribution in [3.8, 4) is 0 Å². The lowest BCUT2D eigenvalue weighted by Gasteiger charge is -2.32. The molecule has 0 aromatic carbocycles. The van der Waals surface area contributed by atoms with Crippen LogP contribution in [0.5, 0.6) is 0 Å². The molecule has 0 aliphatic carbocycles. The van der Waals surface area contributed by atoms with E-state index in [0.717, 1.165) is 62.6 Å². The second-order valence-corrected chi connectivity index (χ2v) is 5.61. The van der Waals surface area contributed by atoms with Gasteiger partial charge in [0.25, 0.3) is 5.91 Å². The maximum Gasteiger partial charge on any atom is 0.254 e. The van der Waals surface area contributed by atoms with E-state index in [2.05, 4.69) is 29.2 Å². The summed E-state index contributed by atoms with van der Waals surface area (Å²) in [5.41, 5.74) is 1.75. The zero-order valence-electron chi connectivity index (χ0n) is 13.4. The number of anilines is 1.